The smallest absolute Gasteiger partial charge is 0.0510 e. The number of hydrogen-bond donors (Lipinski definition) is 0. The van der Waals surface area contributed by atoms with Crippen molar-refractivity contribution in [3.05, 3.63) is 67.6 Å². The normalized spacial score (nSPS) is 11.0. The van der Waals surface area contributed by atoms with E-state index in [0.29, 0.717) is 0 Å². The molecular weight excluding hydrogens is 432 g/mol. The fourth-order valence-electron chi connectivity index (χ4n) is 3.06. The lowest BCUT2D eigenvalue weighted by Crippen LogP contribution is -1.85. The molecule has 1 aromatic heterocycles. The van der Waals surface area contributed by atoms with E-state index < -0.39 is 0 Å². The Morgan fingerprint density at radius 3 is 1.22 bits per heavy atom. The highest BCUT2D eigenvalue weighted by atomic mass is 79.9. The largest absolute Gasteiger partial charge is 0.133 e. The Kier molecular flexibility index (Phi) is 4.82. The monoisotopic (exact) mass is 448 g/mol. The molecule has 0 amide bonds. The van der Waals surface area contributed by atoms with Gasteiger partial charge in [0.05, 0.1) is 18.7 Å². The minimum Gasteiger partial charge on any atom is -0.133 e. The molecule has 0 nitrogen and oxygen atoms in total. The van der Waals surface area contributed by atoms with Gasteiger partial charge in [0.25, 0.3) is 0 Å². The molecule has 0 fully saturated rings. The molecule has 0 radical (unpaired) electrons. The van der Waals surface area contributed by atoms with Crippen LogP contribution < -0.4 is 0 Å². The molecule has 0 atom stereocenters. The molecule has 0 aliphatic heterocycles. The van der Waals surface area contributed by atoms with Gasteiger partial charge in [0, 0.05) is 0 Å². The lowest BCUT2D eigenvalue weighted by atomic mass is 10.0. The third-order valence-corrected chi connectivity index (χ3v) is 8.08. The minimum atomic E-state index is 1.15. The average Bonchev–Trinajstić information content (AvgIpc) is 2.76. The summed E-state index contributed by atoms with van der Waals surface area (Å²) in [5.41, 5.74) is 7.92. The van der Waals surface area contributed by atoms with Crippen molar-refractivity contribution in [3.63, 3.8) is 0 Å². The van der Waals surface area contributed by atoms with Crippen molar-refractivity contribution in [3.8, 4) is 20.9 Å². The third kappa shape index (κ3) is 2.95. The van der Waals surface area contributed by atoms with E-state index in [0.717, 1.165) is 8.95 Å². The molecule has 2 aromatic carbocycles. The summed E-state index contributed by atoms with van der Waals surface area (Å²) in [4.78, 5) is 2.59. The first-order valence-electron chi connectivity index (χ1n) is 7.52. The quantitative estimate of drug-likeness (QED) is 0.373. The number of aryl methyl sites for hydroxylation is 4. The van der Waals surface area contributed by atoms with Gasteiger partial charge in [-0.05, 0) is 92.9 Å². The second-order valence-electron chi connectivity index (χ2n) is 5.92. The highest BCUT2D eigenvalue weighted by Gasteiger charge is 2.21. The van der Waals surface area contributed by atoms with Crippen molar-refractivity contribution in [2.45, 2.75) is 27.7 Å². The number of halogens is 2. The summed E-state index contributed by atoms with van der Waals surface area (Å²) in [6.07, 6.45) is 0. The summed E-state index contributed by atoms with van der Waals surface area (Å²) < 4.78 is 2.30. The minimum absolute atomic E-state index is 1.15. The van der Waals surface area contributed by atoms with Crippen molar-refractivity contribution in [1.82, 2.24) is 0 Å². The van der Waals surface area contributed by atoms with Gasteiger partial charge in [-0.25, -0.2) is 0 Å². The molecule has 23 heavy (non-hydrogen) atoms. The summed E-state index contributed by atoms with van der Waals surface area (Å²) in [5.74, 6) is 0. The van der Waals surface area contributed by atoms with E-state index in [1.165, 1.54) is 43.1 Å². The predicted molar refractivity (Wildman–Crippen MR) is 110 cm³/mol. The second-order valence-corrected chi connectivity index (χ2v) is 8.53. The summed E-state index contributed by atoms with van der Waals surface area (Å²) in [7, 11) is 0. The van der Waals surface area contributed by atoms with E-state index in [1.807, 2.05) is 11.3 Å². The average molecular weight is 450 g/mol. The van der Waals surface area contributed by atoms with Crippen molar-refractivity contribution >= 4 is 43.2 Å². The van der Waals surface area contributed by atoms with Crippen LogP contribution in [0.1, 0.15) is 22.3 Å². The van der Waals surface area contributed by atoms with Crippen LogP contribution in [0.5, 0.6) is 0 Å². The van der Waals surface area contributed by atoms with Crippen LogP contribution in [-0.2, 0) is 0 Å². The Balaban J connectivity index is 2.29. The van der Waals surface area contributed by atoms with Crippen LogP contribution in [0.2, 0.25) is 0 Å². The maximum Gasteiger partial charge on any atom is 0.0510 e. The zero-order valence-electron chi connectivity index (χ0n) is 13.6. The first kappa shape index (κ1) is 16.9. The molecule has 118 valence electrons. The highest BCUT2D eigenvalue weighted by Crippen LogP contribution is 2.50. The summed E-state index contributed by atoms with van der Waals surface area (Å²) in [5, 5.41) is 0. The van der Waals surface area contributed by atoms with Gasteiger partial charge in [0.2, 0.25) is 0 Å². The van der Waals surface area contributed by atoms with Crippen LogP contribution in [-0.4, -0.2) is 0 Å². The van der Waals surface area contributed by atoms with Crippen LogP contribution in [0, 0.1) is 27.7 Å². The van der Waals surface area contributed by atoms with Gasteiger partial charge in [-0.1, -0.05) is 36.4 Å². The first-order chi connectivity index (χ1) is 10.9. The van der Waals surface area contributed by atoms with Gasteiger partial charge >= 0.3 is 0 Å². The summed E-state index contributed by atoms with van der Waals surface area (Å²) >= 11 is 9.49. The van der Waals surface area contributed by atoms with Gasteiger partial charge in [-0.2, -0.15) is 0 Å². The van der Waals surface area contributed by atoms with Crippen molar-refractivity contribution in [2.24, 2.45) is 0 Å². The zero-order chi connectivity index (χ0) is 16.7. The van der Waals surface area contributed by atoms with Crippen LogP contribution in [0.15, 0.2) is 45.3 Å². The topological polar surface area (TPSA) is 0 Å². The van der Waals surface area contributed by atoms with E-state index in [-0.39, 0.29) is 0 Å². The van der Waals surface area contributed by atoms with Crippen molar-refractivity contribution < 1.29 is 0 Å². The maximum absolute atomic E-state index is 3.82. The van der Waals surface area contributed by atoms with E-state index in [1.54, 1.807) is 0 Å². The molecule has 0 aliphatic carbocycles. The highest BCUT2D eigenvalue weighted by molar-refractivity contribution is 9.13. The van der Waals surface area contributed by atoms with Crippen molar-refractivity contribution in [1.29, 1.82) is 0 Å². The Hall–Kier alpha value is -0.900. The van der Waals surface area contributed by atoms with Crippen LogP contribution >= 0.6 is 43.2 Å². The van der Waals surface area contributed by atoms with Gasteiger partial charge < -0.3 is 0 Å². The Morgan fingerprint density at radius 1 is 0.609 bits per heavy atom. The molecule has 0 aliphatic rings. The number of hydrogen-bond acceptors (Lipinski definition) is 1. The second kappa shape index (κ2) is 6.54. The fourth-order valence-corrected chi connectivity index (χ4v) is 6.03. The lowest BCUT2D eigenvalue weighted by Gasteiger charge is -2.09. The molecule has 0 N–H and O–H groups in total. The van der Waals surface area contributed by atoms with Crippen LogP contribution in [0.4, 0.5) is 0 Å². The van der Waals surface area contributed by atoms with Crippen molar-refractivity contribution in [2.75, 3.05) is 0 Å². The Bertz CT molecular complexity index is 778. The molecule has 3 aromatic rings. The molecule has 3 heteroatoms. The fraction of sp³-hybridized carbons (Fsp3) is 0.200. The van der Waals surface area contributed by atoms with Gasteiger partial charge in [0.1, 0.15) is 0 Å². The number of benzene rings is 2. The standard InChI is InChI=1S/C20H18Br2S/c1-11-7-5-8-12(2)15(11)19-17(21)18(22)20(23-19)16-13(3)9-6-10-14(16)4/h5-10H,1-4H3. The molecule has 0 spiro atoms. The number of rotatable bonds is 2. The van der Waals surface area contributed by atoms with E-state index in [9.17, 15) is 0 Å². The SMILES string of the molecule is Cc1cccc(C)c1-c1sc(-c2c(C)cccc2C)c(Br)c1Br. The first-order valence-corrected chi connectivity index (χ1v) is 9.93. The molecule has 3 rings (SSSR count). The maximum atomic E-state index is 3.82. The Labute approximate surface area is 158 Å². The van der Waals surface area contributed by atoms with Crippen LogP contribution in [0.3, 0.4) is 0 Å². The van der Waals surface area contributed by atoms with Gasteiger partial charge in [-0.3, -0.25) is 0 Å². The van der Waals surface area contributed by atoms with E-state index in [4.69, 9.17) is 0 Å². The molecule has 1 heterocycles. The molecule has 0 saturated carbocycles. The number of thiophene rings is 1. The van der Waals surface area contributed by atoms with Crippen LogP contribution in [0.25, 0.3) is 20.9 Å². The van der Waals surface area contributed by atoms with Gasteiger partial charge in [0.15, 0.2) is 0 Å². The molecule has 0 bridgehead atoms. The summed E-state index contributed by atoms with van der Waals surface area (Å²) in [6.45, 7) is 8.73. The molecule has 0 saturated heterocycles. The van der Waals surface area contributed by atoms with Gasteiger partial charge in [-0.15, -0.1) is 11.3 Å². The summed E-state index contributed by atoms with van der Waals surface area (Å²) in [6, 6.07) is 13.0. The molecular formula is C20H18Br2S. The third-order valence-electron chi connectivity index (χ3n) is 4.21. The van der Waals surface area contributed by atoms with E-state index in [2.05, 4.69) is 96.0 Å². The van der Waals surface area contributed by atoms with E-state index >= 15 is 0 Å². The predicted octanol–water partition coefficient (Wildman–Crippen LogP) is 7.84. The Morgan fingerprint density at radius 2 is 0.913 bits per heavy atom. The lowest BCUT2D eigenvalue weighted by molar-refractivity contribution is 1.38. The molecule has 0 unspecified atom stereocenters. The zero-order valence-corrected chi connectivity index (χ0v) is 17.6.